The van der Waals surface area contributed by atoms with Gasteiger partial charge in [0, 0.05) is 19.8 Å². The first-order valence-electron chi connectivity index (χ1n) is 9.53. The van der Waals surface area contributed by atoms with Crippen LogP contribution in [0.1, 0.15) is 73.6 Å². The summed E-state index contributed by atoms with van der Waals surface area (Å²) < 4.78 is 5.00. The Labute approximate surface area is 152 Å². The molecule has 3 nitrogen and oxygen atoms in total. The molecule has 0 aromatic heterocycles. The molecule has 3 heteroatoms. The first-order chi connectivity index (χ1) is 11.6. The third kappa shape index (κ3) is 4.43. The van der Waals surface area contributed by atoms with Crippen LogP contribution in [-0.2, 0) is 14.3 Å². The zero-order valence-electron chi connectivity index (χ0n) is 16.8. The Morgan fingerprint density at radius 1 is 1.28 bits per heavy atom. The van der Waals surface area contributed by atoms with Crippen LogP contribution in [0.4, 0.5) is 0 Å². The van der Waals surface area contributed by atoms with Crippen LogP contribution in [0.3, 0.4) is 0 Å². The quantitative estimate of drug-likeness (QED) is 0.504. The van der Waals surface area contributed by atoms with E-state index in [9.17, 15) is 9.59 Å². The van der Waals surface area contributed by atoms with Crippen molar-refractivity contribution in [2.75, 3.05) is 6.61 Å². The maximum atomic E-state index is 12.5. The highest BCUT2D eigenvalue weighted by Crippen LogP contribution is 2.59. The molecule has 0 saturated heterocycles. The number of carbonyl (C=O) groups excluding carboxylic acids is 2. The normalized spacial score (nSPS) is 32.0. The largest absolute Gasteiger partial charge is 0.462 e. The Balaban J connectivity index is 2.13. The topological polar surface area (TPSA) is 43.4 Å². The van der Waals surface area contributed by atoms with Gasteiger partial charge in [-0.05, 0) is 61.9 Å². The summed E-state index contributed by atoms with van der Waals surface area (Å²) in [4.78, 5) is 23.3. The second kappa shape index (κ2) is 7.47. The van der Waals surface area contributed by atoms with E-state index in [0.29, 0.717) is 37.1 Å². The monoisotopic (exact) mass is 346 g/mol. The zero-order valence-corrected chi connectivity index (χ0v) is 16.8. The zero-order chi connectivity index (χ0) is 18.8. The minimum Gasteiger partial charge on any atom is -0.462 e. The number of fused-ring (bicyclic) bond motifs is 1. The fourth-order valence-corrected chi connectivity index (χ4v) is 5.39. The van der Waals surface area contributed by atoms with E-state index in [1.165, 1.54) is 18.1 Å². The number of Topliss-reactive ketones (excluding diaryl/α,β-unsaturated/α-hetero) is 1. The summed E-state index contributed by atoms with van der Waals surface area (Å²) in [5.41, 5.74) is 2.84. The number of ether oxygens (including phenoxy) is 1. The van der Waals surface area contributed by atoms with Gasteiger partial charge in [0.15, 0.2) is 0 Å². The minimum atomic E-state index is -0.242. The summed E-state index contributed by atoms with van der Waals surface area (Å²) in [5.74, 6) is 1.20. The summed E-state index contributed by atoms with van der Waals surface area (Å²) in [6.45, 7) is 13.0. The van der Waals surface area contributed by atoms with Gasteiger partial charge in [-0.3, -0.25) is 9.59 Å². The number of hydrogen-bond acceptors (Lipinski definition) is 3. The fourth-order valence-electron chi connectivity index (χ4n) is 5.39. The second-order valence-corrected chi connectivity index (χ2v) is 9.07. The summed E-state index contributed by atoms with van der Waals surface area (Å²) in [5, 5.41) is 0. The molecule has 2 aliphatic carbocycles. The Morgan fingerprint density at radius 3 is 2.60 bits per heavy atom. The highest BCUT2D eigenvalue weighted by molar-refractivity contribution is 5.81. The molecule has 2 aliphatic rings. The van der Waals surface area contributed by atoms with Crippen molar-refractivity contribution in [3.05, 3.63) is 23.3 Å². The molecule has 0 bridgehead atoms. The number of esters is 1. The Hall–Kier alpha value is -1.38. The van der Waals surface area contributed by atoms with Crippen molar-refractivity contribution in [2.24, 2.45) is 22.7 Å². The van der Waals surface area contributed by atoms with Gasteiger partial charge in [0.1, 0.15) is 12.4 Å². The van der Waals surface area contributed by atoms with Crippen molar-refractivity contribution in [3.8, 4) is 0 Å². The molecule has 0 radical (unpaired) electrons. The molecule has 25 heavy (non-hydrogen) atoms. The van der Waals surface area contributed by atoms with Crippen molar-refractivity contribution >= 4 is 11.8 Å². The van der Waals surface area contributed by atoms with Crippen LogP contribution in [0, 0.1) is 22.7 Å². The third-order valence-corrected chi connectivity index (χ3v) is 6.54. The molecule has 2 rings (SSSR count). The van der Waals surface area contributed by atoms with Gasteiger partial charge in [0.2, 0.25) is 0 Å². The second-order valence-electron chi connectivity index (χ2n) is 9.07. The maximum Gasteiger partial charge on any atom is 0.302 e. The van der Waals surface area contributed by atoms with E-state index in [-0.39, 0.29) is 16.8 Å². The molecule has 0 heterocycles. The van der Waals surface area contributed by atoms with Crippen molar-refractivity contribution < 1.29 is 14.3 Å². The van der Waals surface area contributed by atoms with Gasteiger partial charge >= 0.3 is 5.97 Å². The minimum absolute atomic E-state index is 0.0633. The molecule has 3 atom stereocenters. The summed E-state index contributed by atoms with van der Waals surface area (Å²) in [6, 6.07) is 0. The van der Waals surface area contributed by atoms with Gasteiger partial charge in [0.05, 0.1) is 0 Å². The predicted molar refractivity (Wildman–Crippen MR) is 101 cm³/mol. The number of rotatable bonds is 5. The molecule has 0 unspecified atom stereocenters. The van der Waals surface area contributed by atoms with Crippen LogP contribution in [0.5, 0.6) is 0 Å². The molecule has 0 amide bonds. The fraction of sp³-hybridized carbons (Fsp3) is 0.727. The molecule has 0 N–H and O–H groups in total. The lowest BCUT2D eigenvalue weighted by atomic mass is 9.48. The first-order valence-corrected chi connectivity index (χ1v) is 9.53. The first kappa shape index (κ1) is 19.9. The van der Waals surface area contributed by atoms with Gasteiger partial charge in [-0.2, -0.15) is 0 Å². The SMILES string of the molecule is CC(=O)OC/C=C(\C)CC[C@@H]1C(C)=CC[C@@H]2C(C)(C)CC(=O)C[C@]12C. The van der Waals surface area contributed by atoms with Crippen molar-refractivity contribution in [1.82, 2.24) is 0 Å². The number of carbonyl (C=O) groups is 2. The molecular weight excluding hydrogens is 312 g/mol. The summed E-state index contributed by atoms with van der Waals surface area (Å²) >= 11 is 0. The van der Waals surface area contributed by atoms with E-state index in [2.05, 4.69) is 40.7 Å². The number of hydrogen-bond donors (Lipinski definition) is 0. The Bertz CT molecular complexity index is 596. The molecule has 0 aromatic carbocycles. The van der Waals surface area contributed by atoms with Crippen molar-refractivity contribution in [2.45, 2.75) is 73.6 Å². The van der Waals surface area contributed by atoms with Gasteiger partial charge in [-0.15, -0.1) is 0 Å². The average Bonchev–Trinajstić information content (AvgIpc) is 2.43. The summed E-state index contributed by atoms with van der Waals surface area (Å²) in [7, 11) is 0. The van der Waals surface area contributed by atoms with Crippen LogP contribution >= 0.6 is 0 Å². The number of ketones is 1. The van der Waals surface area contributed by atoms with Crippen molar-refractivity contribution in [3.63, 3.8) is 0 Å². The molecule has 140 valence electrons. The summed E-state index contributed by atoms with van der Waals surface area (Å²) in [6.07, 6.45) is 8.97. The molecule has 0 aromatic rings. The van der Waals surface area contributed by atoms with Crippen LogP contribution < -0.4 is 0 Å². The highest BCUT2D eigenvalue weighted by atomic mass is 16.5. The van der Waals surface area contributed by atoms with Crippen LogP contribution in [0.15, 0.2) is 23.3 Å². The van der Waals surface area contributed by atoms with Crippen LogP contribution in [0.25, 0.3) is 0 Å². The van der Waals surface area contributed by atoms with E-state index < -0.39 is 0 Å². The highest BCUT2D eigenvalue weighted by Gasteiger charge is 2.53. The van der Waals surface area contributed by atoms with Gasteiger partial charge in [-0.1, -0.05) is 38.0 Å². The average molecular weight is 347 g/mol. The van der Waals surface area contributed by atoms with Gasteiger partial charge < -0.3 is 4.74 Å². The standard InChI is InChI=1S/C22H34O3/c1-15(11-12-25-17(3)23)7-9-19-16(2)8-10-20-21(4,5)13-18(24)14-22(19,20)6/h8,11,19-20H,7,9-10,12-14H2,1-6H3/b15-11+/t19-,20-,22-/m1/s1. The van der Waals surface area contributed by atoms with Crippen LogP contribution in [0.2, 0.25) is 0 Å². The lowest BCUT2D eigenvalue weighted by molar-refractivity contribution is -0.139. The molecule has 1 saturated carbocycles. The molecule has 0 aliphatic heterocycles. The third-order valence-electron chi connectivity index (χ3n) is 6.54. The van der Waals surface area contributed by atoms with Gasteiger partial charge in [-0.25, -0.2) is 0 Å². The van der Waals surface area contributed by atoms with E-state index in [1.807, 2.05) is 6.08 Å². The van der Waals surface area contributed by atoms with E-state index in [4.69, 9.17) is 4.74 Å². The lowest BCUT2D eigenvalue weighted by Gasteiger charge is -2.56. The Kier molecular flexibility index (Phi) is 5.96. The van der Waals surface area contributed by atoms with E-state index >= 15 is 0 Å². The maximum absolute atomic E-state index is 12.5. The Morgan fingerprint density at radius 2 is 1.96 bits per heavy atom. The lowest BCUT2D eigenvalue weighted by Crippen LogP contribution is -2.51. The predicted octanol–water partition coefficient (Wildman–Crippen LogP) is 5.25. The smallest absolute Gasteiger partial charge is 0.302 e. The van der Waals surface area contributed by atoms with Crippen molar-refractivity contribution in [1.29, 1.82) is 0 Å². The molecule has 1 fully saturated rings. The molecular formula is C22H34O3. The van der Waals surface area contributed by atoms with E-state index in [0.717, 1.165) is 19.3 Å². The van der Waals surface area contributed by atoms with E-state index in [1.54, 1.807) is 0 Å². The van der Waals surface area contributed by atoms with Gasteiger partial charge in [0.25, 0.3) is 0 Å². The van der Waals surface area contributed by atoms with Crippen LogP contribution in [-0.4, -0.2) is 18.4 Å². The number of allylic oxidation sites excluding steroid dienone is 3. The molecule has 0 spiro atoms.